The van der Waals surface area contributed by atoms with Crippen molar-refractivity contribution in [3.63, 3.8) is 0 Å². The van der Waals surface area contributed by atoms with Crippen molar-refractivity contribution >= 4 is 45.0 Å². The molecule has 98 valence electrons. The van der Waals surface area contributed by atoms with Gasteiger partial charge in [0.2, 0.25) is 0 Å². The number of aryl methyl sites for hydroxylation is 1. The maximum atomic E-state index is 11.4. The van der Waals surface area contributed by atoms with E-state index in [1.54, 1.807) is 19.1 Å². The summed E-state index contributed by atoms with van der Waals surface area (Å²) in [7, 11) is 0. The van der Waals surface area contributed by atoms with E-state index in [4.69, 9.17) is 0 Å². The van der Waals surface area contributed by atoms with Crippen LogP contribution >= 0.6 is 27.9 Å². The summed E-state index contributed by atoms with van der Waals surface area (Å²) in [6.45, 7) is 3.74. The monoisotopic (exact) mass is 333 g/mol. The highest BCUT2D eigenvalue weighted by Crippen LogP contribution is 2.16. The molecule has 0 atom stereocenters. The molecule has 0 unspecified atom stereocenters. The van der Waals surface area contributed by atoms with Gasteiger partial charge in [-0.3, -0.25) is 14.8 Å². The predicted molar refractivity (Wildman–Crippen MR) is 73.4 cm³/mol. The molecule has 0 aromatic carbocycles. The maximum Gasteiger partial charge on any atom is 0.417 e. The molecule has 2 N–H and O–H groups in total. The van der Waals surface area contributed by atoms with Crippen LogP contribution in [0.2, 0.25) is 0 Å². The van der Waals surface area contributed by atoms with Crippen LogP contribution in [0.25, 0.3) is 0 Å². The highest BCUT2D eigenvalue weighted by molar-refractivity contribution is 9.10. The van der Waals surface area contributed by atoms with Crippen molar-refractivity contribution < 1.29 is 14.3 Å². The molecule has 2 amide bonds. The third-order valence-electron chi connectivity index (χ3n) is 1.75. The first-order valence-corrected chi connectivity index (χ1v) is 6.67. The summed E-state index contributed by atoms with van der Waals surface area (Å²) in [5.74, 6) is 0.416. The van der Waals surface area contributed by atoms with Crippen molar-refractivity contribution in [1.29, 1.82) is 0 Å². The Morgan fingerprint density at radius 2 is 2.22 bits per heavy atom. The quantitative estimate of drug-likeness (QED) is 0.813. The fraction of sp³-hybridized carbons (Fsp3) is 0.300. The Kier molecular flexibility index (Phi) is 5.93. The summed E-state index contributed by atoms with van der Waals surface area (Å²) < 4.78 is 7.70. The summed E-state index contributed by atoms with van der Waals surface area (Å²) in [6.07, 6.45) is -0.655. The van der Waals surface area contributed by atoms with Crippen LogP contribution < -0.4 is 10.0 Å². The van der Waals surface area contributed by atoms with Gasteiger partial charge in [0.05, 0.1) is 24.2 Å². The number of hydrogen-bond donors (Lipinski definition) is 2. The van der Waals surface area contributed by atoms with Crippen LogP contribution in [0, 0.1) is 6.92 Å². The van der Waals surface area contributed by atoms with Crippen LogP contribution in [0.5, 0.6) is 0 Å². The van der Waals surface area contributed by atoms with E-state index in [9.17, 15) is 9.59 Å². The number of hydrogen-bond acceptors (Lipinski definition) is 5. The van der Waals surface area contributed by atoms with E-state index in [0.29, 0.717) is 17.8 Å². The van der Waals surface area contributed by atoms with Crippen LogP contribution in [0.3, 0.4) is 0 Å². The van der Waals surface area contributed by atoms with Crippen LogP contribution in [0.1, 0.15) is 12.6 Å². The van der Waals surface area contributed by atoms with Gasteiger partial charge in [-0.05, 0) is 41.9 Å². The Morgan fingerprint density at radius 3 is 2.83 bits per heavy atom. The molecule has 0 bridgehead atoms. The lowest BCUT2D eigenvalue weighted by molar-refractivity contribution is 0.159. The lowest BCUT2D eigenvalue weighted by atomic mass is 10.4. The first-order valence-electron chi connectivity index (χ1n) is 5.06. The zero-order valence-corrected chi connectivity index (χ0v) is 12.2. The van der Waals surface area contributed by atoms with Gasteiger partial charge in [0.25, 0.3) is 0 Å². The largest absolute Gasteiger partial charge is 0.449 e. The van der Waals surface area contributed by atoms with E-state index in [1.165, 1.54) is 0 Å². The van der Waals surface area contributed by atoms with E-state index in [2.05, 4.69) is 35.7 Å². The Labute approximate surface area is 117 Å². The fourth-order valence-electron chi connectivity index (χ4n) is 0.992. The smallest absolute Gasteiger partial charge is 0.417 e. The van der Waals surface area contributed by atoms with Gasteiger partial charge in [-0.2, -0.15) is 0 Å². The molecule has 0 fully saturated rings. The first kappa shape index (κ1) is 14.8. The van der Waals surface area contributed by atoms with E-state index in [1.807, 2.05) is 6.92 Å². The normalized spacial score (nSPS) is 9.72. The molecule has 0 radical (unpaired) electrons. The van der Waals surface area contributed by atoms with Crippen LogP contribution in [0.4, 0.5) is 15.4 Å². The molecule has 1 aromatic heterocycles. The molecular formula is C10H12BrN3O3S. The van der Waals surface area contributed by atoms with Gasteiger partial charge in [0, 0.05) is 4.47 Å². The second-order valence-corrected chi connectivity index (χ2v) is 4.73. The van der Waals surface area contributed by atoms with Crippen LogP contribution in [-0.4, -0.2) is 22.9 Å². The molecule has 0 saturated carbocycles. The average molecular weight is 334 g/mol. The molecule has 1 rings (SSSR count). The Bertz CT molecular complexity index is 456. The number of carbonyl (C=O) groups excluding carboxylic acids is 2. The average Bonchev–Trinajstić information content (AvgIpc) is 2.32. The number of ether oxygens (including phenoxy) is 1. The third-order valence-corrected chi connectivity index (χ3v) is 3.15. The van der Waals surface area contributed by atoms with E-state index < -0.39 is 11.3 Å². The molecule has 0 aliphatic heterocycles. The zero-order valence-electron chi connectivity index (χ0n) is 9.82. The number of aromatic nitrogens is 1. The summed E-state index contributed by atoms with van der Waals surface area (Å²) in [5, 5.41) is 2.08. The van der Waals surface area contributed by atoms with Gasteiger partial charge >= 0.3 is 11.3 Å². The minimum Gasteiger partial charge on any atom is -0.449 e. The molecule has 18 heavy (non-hydrogen) atoms. The number of rotatable bonds is 2. The molecule has 1 aromatic rings. The van der Waals surface area contributed by atoms with Gasteiger partial charge in [-0.1, -0.05) is 0 Å². The van der Waals surface area contributed by atoms with Crippen molar-refractivity contribution in [2.24, 2.45) is 0 Å². The van der Waals surface area contributed by atoms with Crippen molar-refractivity contribution in [3.05, 3.63) is 22.3 Å². The minimum atomic E-state index is -0.655. The standard InChI is InChI=1S/C10H12BrN3O3S/c1-3-17-9(15)14-18-10(16)13-8-5-4-7(11)6(2)12-8/h4-5H,3H2,1-2H3,(H,14,15)(H,12,13,16). The lowest BCUT2D eigenvalue weighted by Crippen LogP contribution is -2.21. The van der Waals surface area contributed by atoms with Gasteiger partial charge in [-0.15, -0.1) is 0 Å². The number of nitrogens with zero attached hydrogens (tertiary/aromatic N) is 1. The molecule has 0 spiro atoms. The zero-order chi connectivity index (χ0) is 13.5. The summed E-state index contributed by atoms with van der Waals surface area (Å²) in [4.78, 5) is 26.5. The molecule has 8 heteroatoms. The SMILES string of the molecule is CCOC(=O)NSC(=O)Nc1ccc(Br)c(C)n1. The Morgan fingerprint density at radius 1 is 1.50 bits per heavy atom. The van der Waals surface area contributed by atoms with Crippen molar-refractivity contribution in [1.82, 2.24) is 9.71 Å². The van der Waals surface area contributed by atoms with Crippen molar-refractivity contribution in [3.8, 4) is 0 Å². The second kappa shape index (κ2) is 7.22. The summed E-state index contributed by atoms with van der Waals surface area (Å²) in [5.41, 5.74) is 0.760. The van der Waals surface area contributed by atoms with E-state index in [0.717, 1.165) is 10.2 Å². The van der Waals surface area contributed by atoms with Crippen molar-refractivity contribution in [2.75, 3.05) is 11.9 Å². The van der Waals surface area contributed by atoms with Gasteiger partial charge in [0.15, 0.2) is 0 Å². The summed E-state index contributed by atoms with van der Waals surface area (Å²) >= 11 is 3.91. The van der Waals surface area contributed by atoms with E-state index >= 15 is 0 Å². The summed E-state index contributed by atoms with van der Waals surface area (Å²) in [6, 6.07) is 3.43. The molecule has 6 nitrogen and oxygen atoms in total. The lowest BCUT2D eigenvalue weighted by Gasteiger charge is -2.06. The number of carbonyl (C=O) groups is 2. The van der Waals surface area contributed by atoms with Gasteiger partial charge in [-0.25, -0.2) is 9.78 Å². The minimum absolute atomic E-state index is 0.251. The van der Waals surface area contributed by atoms with Gasteiger partial charge < -0.3 is 4.74 Å². The molecule has 1 heterocycles. The number of pyridine rings is 1. The Hall–Kier alpha value is -1.28. The second-order valence-electron chi connectivity index (χ2n) is 3.10. The third kappa shape index (κ3) is 4.92. The molecule has 0 aliphatic rings. The first-order chi connectivity index (χ1) is 8.52. The number of amides is 2. The topological polar surface area (TPSA) is 80.3 Å². The van der Waals surface area contributed by atoms with Crippen molar-refractivity contribution in [2.45, 2.75) is 13.8 Å². The number of anilines is 1. The predicted octanol–water partition coefficient (Wildman–Crippen LogP) is 3.08. The Balaban J connectivity index is 2.44. The molecule has 0 aliphatic carbocycles. The van der Waals surface area contributed by atoms with E-state index in [-0.39, 0.29) is 6.61 Å². The van der Waals surface area contributed by atoms with Crippen LogP contribution in [-0.2, 0) is 4.74 Å². The number of halogens is 1. The van der Waals surface area contributed by atoms with Crippen LogP contribution in [0.15, 0.2) is 16.6 Å². The molecular weight excluding hydrogens is 322 g/mol. The highest BCUT2D eigenvalue weighted by atomic mass is 79.9. The number of nitrogens with one attached hydrogen (secondary N) is 2. The fourth-order valence-corrected chi connectivity index (χ4v) is 1.60. The van der Waals surface area contributed by atoms with Gasteiger partial charge in [0.1, 0.15) is 5.82 Å². The maximum absolute atomic E-state index is 11.4. The molecule has 0 saturated heterocycles. The highest BCUT2D eigenvalue weighted by Gasteiger charge is 2.08.